The van der Waals surface area contributed by atoms with Gasteiger partial charge in [0.15, 0.2) is 0 Å². The first kappa shape index (κ1) is 36.8. The van der Waals surface area contributed by atoms with Crippen molar-refractivity contribution >= 4 is 55.1 Å². The third-order valence-corrected chi connectivity index (χ3v) is 12.0. The first-order valence-electron chi connectivity index (χ1n) is 21.2. The largest absolute Gasteiger partial charge is 0.355 e. The summed E-state index contributed by atoms with van der Waals surface area (Å²) in [6.07, 6.45) is 0. The Morgan fingerprint density at radius 1 is 0.226 bits per heavy atom. The highest BCUT2D eigenvalue weighted by atomic mass is 14.9. The molecule has 2 N–H and O–H groups in total. The third-order valence-electron chi connectivity index (χ3n) is 12.0. The molecule has 0 unspecified atom stereocenters. The van der Waals surface area contributed by atoms with Crippen LogP contribution in [0, 0.1) is 0 Å². The molecule has 0 aliphatic rings. The van der Waals surface area contributed by atoms with Crippen LogP contribution in [0.3, 0.4) is 0 Å². The Morgan fingerprint density at radius 3 is 1.55 bits per heavy atom. The summed E-state index contributed by atoms with van der Waals surface area (Å²) in [6.45, 7) is 0. The predicted octanol–water partition coefficient (Wildman–Crippen LogP) is 17.0. The minimum Gasteiger partial charge on any atom is -0.355 e. The highest BCUT2D eigenvalue weighted by molar-refractivity contribution is 6.24. The van der Waals surface area contributed by atoms with E-state index in [9.17, 15) is 0 Å². The number of rotatable bonds is 9. The van der Waals surface area contributed by atoms with E-state index in [0.29, 0.717) is 0 Å². The molecule has 2 nitrogen and oxygen atoms in total. The lowest BCUT2D eigenvalue weighted by molar-refractivity contribution is 1.52. The Bertz CT molecular complexity index is 3370. The second-order valence-corrected chi connectivity index (χ2v) is 15.9. The third kappa shape index (κ3) is 7.14. The van der Waals surface area contributed by atoms with E-state index < -0.39 is 0 Å². The van der Waals surface area contributed by atoms with Crippen molar-refractivity contribution in [3.8, 4) is 55.6 Å². The molecule has 0 aliphatic carbocycles. The molecule has 0 aromatic heterocycles. The fourth-order valence-corrected chi connectivity index (χ4v) is 8.94. The molecule has 0 aliphatic heterocycles. The second-order valence-electron chi connectivity index (χ2n) is 15.9. The van der Waals surface area contributed by atoms with Crippen LogP contribution in [-0.4, -0.2) is 0 Å². The number of nitrogens with one attached hydrogen (secondary N) is 2. The number of benzene rings is 11. The molecule has 0 bridgehead atoms. The fourth-order valence-electron chi connectivity index (χ4n) is 8.94. The summed E-state index contributed by atoms with van der Waals surface area (Å²) in [7, 11) is 0. The quantitative estimate of drug-likeness (QED) is 0.142. The van der Waals surface area contributed by atoms with Crippen molar-refractivity contribution in [2.24, 2.45) is 0 Å². The zero-order chi connectivity index (χ0) is 41.2. The van der Waals surface area contributed by atoms with Gasteiger partial charge in [-0.2, -0.15) is 0 Å². The molecule has 292 valence electrons. The molecule has 0 saturated carbocycles. The lowest BCUT2D eigenvalue weighted by Gasteiger charge is -2.18. The molecular formula is C60H42N2. The van der Waals surface area contributed by atoms with Gasteiger partial charge in [0.25, 0.3) is 0 Å². The van der Waals surface area contributed by atoms with Gasteiger partial charge < -0.3 is 10.6 Å². The highest BCUT2D eigenvalue weighted by Gasteiger charge is 2.16. The average molecular weight is 791 g/mol. The summed E-state index contributed by atoms with van der Waals surface area (Å²) >= 11 is 0. The molecule has 0 spiro atoms. The van der Waals surface area contributed by atoms with Gasteiger partial charge in [0, 0.05) is 33.9 Å². The Balaban J connectivity index is 1.03. The van der Waals surface area contributed by atoms with Crippen LogP contribution >= 0.6 is 0 Å². The Labute approximate surface area is 362 Å². The molecule has 62 heavy (non-hydrogen) atoms. The van der Waals surface area contributed by atoms with E-state index in [1.807, 2.05) is 0 Å². The number of anilines is 4. The molecular weight excluding hydrogens is 749 g/mol. The van der Waals surface area contributed by atoms with E-state index >= 15 is 0 Å². The lowest BCUT2D eigenvalue weighted by atomic mass is 9.88. The van der Waals surface area contributed by atoms with Gasteiger partial charge in [-0.05, 0) is 137 Å². The number of hydrogen-bond acceptors (Lipinski definition) is 2. The van der Waals surface area contributed by atoms with Gasteiger partial charge in [-0.25, -0.2) is 0 Å². The molecule has 11 aromatic carbocycles. The molecule has 0 heterocycles. The van der Waals surface area contributed by atoms with Crippen LogP contribution in [0.4, 0.5) is 22.7 Å². The highest BCUT2D eigenvalue weighted by Crippen LogP contribution is 2.44. The maximum Gasteiger partial charge on any atom is 0.0464 e. The van der Waals surface area contributed by atoms with Gasteiger partial charge in [-0.1, -0.05) is 182 Å². The minimum absolute atomic E-state index is 1.04. The van der Waals surface area contributed by atoms with Gasteiger partial charge in [-0.3, -0.25) is 0 Å². The van der Waals surface area contributed by atoms with E-state index in [-0.39, 0.29) is 0 Å². The van der Waals surface area contributed by atoms with Gasteiger partial charge in [0.2, 0.25) is 0 Å². The van der Waals surface area contributed by atoms with Crippen LogP contribution in [-0.2, 0) is 0 Å². The normalized spacial score (nSPS) is 11.2. The topological polar surface area (TPSA) is 24.1 Å². The first-order chi connectivity index (χ1) is 30.7. The maximum atomic E-state index is 3.78. The lowest BCUT2D eigenvalue weighted by Crippen LogP contribution is -1.95. The zero-order valence-corrected chi connectivity index (χ0v) is 34.1. The Hall–Kier alpha value is -8.20. The van der Waals surface area contributed by atoms with Crippen molar-refractivity contribution in [2.45, 2.75) is 0 Å². The van der Waals surface area contributed by atoms with Gasteiger partial charge in [0.05, 0.1) is 0 Å². The van der Waals surface area contributed by atoms with E-state index in [0.717, 1.165) is 33.9 Å². The predicted molar refractivity (Wildman–Crippen MR) is 266 cm³/mol. The molecule has 0 saturated heterocycles. The number of fused-ring (bicyclic) bond motifs is 5. The van der Waals surface area contributed by atoms with Crippen molar-refractivity contribution in [2.75, 3.05) is 10.6 Å². The van der Waals surface area contributed by atoms with Crippen LogP contribution in [0.5, 0.6) is 0 Å². The van der Waals surface area contributed by atoms with Crippen molar-refractivity contribution in [3.63, 3.8) is 0 Å². The summed E-state index contributed by atoms with van der Waals surface area (Å²) in [6, 6.07) is 87.4. The molecule has 0 amide bonds. The summed E-state index contributed by atoms with van der Waals surface area (Å²) in [4.78, 5) is 0. The first-order valence-corrected chi connectivity index (χ1v) is 21.2. The second kappa shape index (κ2) is 16.1. The molecule has 0 atom stereocenters. The van der Waals surface area contributed by atoms with E-state index in [1.54, 1.807) is 0 Å². The van der Waals surface area contributed by atoms with Gasteiger partial charge in [-0.15, -0.1) is 0 Å². The van der Waals surface area contributed by atoms with Crippen molar-refractivity contribution < 1.29 is 0 Å². The molecule has 2 heteroatoms. The summed E-state index contributed by atoms with van der Waals surface area (Å²) < 4.78 is 0. The van der Waals surface area contributed by atoms with Crippen LogP contribution < -0.4 is 10.6 Å². The Kier molecular flexibility index (Phi) is 9.57. The zero-order valence-electron chi connectivity index (χ0n) is 34.1. The van der Waals surface area contributed by atoms with E-state index in [4.69, 9.17) is 0 Å². The molecule has 0 radical (unpaired) electrons. The fraction of sp³-hybridized carbons (Fsp3) is 0. The van der Waals surface area contributed by atoms with E-state index in [1.165, 1.54) is 76.8 Å². The van der Waals surface area contributed by atoms with Crippen LogP contribution in [0.25, 0.3) is 88.0 Å². The van der Waals surface area contributed by atoms with Gasteiger partial charge >= 0.3 is 0 Å². The summed E-state index contributed by atoms with van der Waals surface area (Å²) in [5.74, 6) is 0. The molecule has 11 rings (SSSR count). The van der Waals surface area contributed by atoms with Crippen molar-refractivity contribution in [1.29, 1.82) is 0 Å². The Morgan fingerprint density at radius 2 is 0.758 bits per heavy atom. The molecule has 11 aromatic rings. The van der Waals surface area contributed by atoms with Crippen LogP contribution in [0.15, 0.2) is 243 Å². The average Bonchev–Trinajstić information content (AvgIpc) is 3.35. The number of hydrogen-bond donors (Lipinski definition) is 2. The van der Waals surface area contributed by atoms with Gasteiger partial charge in [0.1, 0.15) is 0 Å². The van der Waals surface area contributed by atoms with Crippen molar-refractivity contribution in [3.05, 3.63) is 243 Å². The SMILES string of the molecule is c1ccc(Nc2ccccc2-c2cc3cc(-c4cccc(-c5cc(-c6ccccc6)ccc5Nc5ccc(-c6ccccc6)cc5)c4)ccc3c3ccc4ccccc4c23)cc1. The smallest absolute Gasteiger partial charge is 0.0464 e. The maximum absolute atomic E-state index is 3.78. The van der Waals surface area contributed by atoms with Crippen LogP contribution in [0.2, 0.25) is 0 Å². The van der Waals surface area contributed by atoms with Crippen molar-refractivity contribution in [1.82, 2.24) is 0 Å². The minimum atomic E-state index is 1.04. The monoisotopic (exact) mass is 790 g/mol. The number of para-hydroxylation sites is 2. The summed E-state index contributed by atoms with van der Waals surface area (Å²) in [5, 5.41) is 14.9. The van der Waals surface area contributed by atoms with E-state index in [2.05, 4.69) is 253 Å². The molecule has 0 fully saturated rings. The summed E-state index contributed by atoms with van der Waals surface area (Å²) in [5.41, 5.74) is 16.0. The standard InChI is InChI=1S/C60H42N2/c1-4-15-41(16-5-1)43-27-32-51(33-28-43)62-59-36-31-47(42-17-6-2-7-18-42)39-56(59)48-21-14-20-45(37-48)46-30-34-52-49(38-46)40-57(60-53-24-11-10-19-44(53)29-35-55(52)60)54-25-12-13-26-58(54)61-50-22-8-3-9-23-50/h1-40,61-62H. The van der Waals surface area contributed by atoms with Crippen LogP contribution in [0.1, 0.15) is 0 Å².